The van der Waals surface area contributed by atoms with E-state index in [-0.39, 0.29) is 25.2 Å². The van der Waals surface area contributed by atoms with Gasteiger partial charge in [0.1, 0.15) is 5.60 Å². The van der Waals surface area contributed by atoms with Gasteiger partial charge in [0.05, 0.1) is 23.7 Å². The molecule has 2 fully saturated rings. The van der Waals surface area contributed by atoms with Crippen LogP contribution in [-0.2, 0) is 44.6 Å². The average molecular weight is 887 g/mol. The van der Waals surface area contributed by atoms with Crippen LogP contribution in [0.1, 0.15) is 124 Å². The Labute approximate surface area is 382 Å². The van der Waals surface area contributed by atoms with Crippen LogP contribution in [0.3, 0.4) is 0 Å². The number of pyridine rings is 1. The molecule has 0 spiro atoms. The number of aliphatic carboxylic acids is 1. The van der Waals surface area contributed by atoms with E-state index in [1.54, 1.807) is 19.3 Å². The number of anilines is 1. The minimum atomic E-state index is -1.17. The van der Waals surface area contributed by atoms with Gasteiger partial charge in [-0.2, -0.15) is 0 Å². The smallest absolute Gasteiger partial charge is 0.345 e. The van der Waals surface area contributed by atoms with E-state index in [4.69, 9.17) is 14.6 Å². The van der Waals surface area contributed by atoms with Crippen molar-refractivity contribution in [1.29, 1.82) is 0 Å². The summed E-state index contributed by atoms with van der Waals surface area (Å²) in [6, 6.07) is 27.1. The summed E-state index contributed by atoms with van der Waals surface area (Å²) < 4.78 is 14.9. The van der Waals surface area contributed by atoms with Crippen molar-refractivity contribution in [2.45, 2.75) is 136 Å². The molecule has 0 radical (unpaired) electrons. The van der Waals surface area contributed by atoms with Crippen molar-refractivity contribution in [1.82, 2.24) is 4.98 Å². The molecule has 352 valence electrons. The highest BCUT2D eigenvalue weighted by molar-refractivity contribution is 5.89. The summed E-state index contributed by atoms with van der Waals surface area (Å²) >= 11 is 0. The van der Waals surface area contributed by atoms with Crippen molar-refractivity contribution < 1.29 is 43.6 Å². The number of ether oxygens (including phenoxy) is 3. The molecule has 0 saturated heterocycles. The molecule has 0 amide bonds. The van der Waals surface area contributed by atoms with Gasteiger partial charge in [0, 0.05) is 43.3 Å². The van der Waals surface area contributed by atoms with Gasteiger partial charge in [-0.25, -0.2) is 29.2 Å². The number of benzene rings is 2. The number of aliphatic imine (C=N–C) groups is 2. The number of aliphatic hydroxyl groups is 1. The third-order valence-electron chi connectivity index (χ3n) is 9.42. The van der Waals surface area contributed by atoms with Crippen molar-refractivity contribution in [2.75, 3.05) is 32.2 Å². The monoisotopic (exact) mass is 887 g/mol. The summed E-state index contributed by atoms with van der Waals surface area (Å²) in [4.78, 5) is 57.6. The fourth-order valence-electron chi connectivity index (χ4n) is 6.14. The quantitative estimate of drug-likeness (QED) is 0.0766. The lowest BCUT2D eigenvalue weighted by atomic mass is 9.79. The first-order chi connectivity index (χ1) is 29.8. The van der Waals surface area contributed by atoms with Gasteiger partial charge in [0.25, 0.3) is 0 Å². The van der Waals surface area contributed by atoms with E-state index in [9.17, 15) is 24.3 Å². The zero-order chi connectivity index (χ0) is 47.3. The highest BCUT2D eigenvalue weighted by Crippen LogP contribution is 2.40. The Bertz CT molecular complexity index is 1870. The Kier molecular flexibility index (Phi) is 28.9. The first-order valence-corrected chi connectivity index (χ1v) is 21.5. The zero-order valence-electron chi connectivity index (χ0n) is 38.7. The van der Waals surface area contributed by atoms with E-state index in [0.717, 1.165) is 68.9 Å². The summed E-state index contributed by atoms with van der Waals surface area (Å²) in [5.41, 5.74) is 2.63. The van der Waals surface area contributed by atoms with Crippen molar-refractivity contribution in [3.63, 3.8) is 0 Å². The molecule has 0 aliphatic heterocycles. The number of hydrogen-bond donors (Lipinski definition) is 2. The molecule has 0 atom stereocenters. The highest BCUT2D eigenvalue weighted by atomic mass is 16.6. The van der Waals surface area contributed by atoms with Crippen LogP contribution in [0, 0.1) is 0 Å². The lowest BCUT2D eigenvalue weighted by Gasteiger charge is -2.37. The Balaban J connectivity index is 0.000000818. The van der Waals surface area contributed by atoms with Gasteiger partial charge < -0.3 is 29.3 Å². The van der Waals surface area contributed by atoms with Crippen LogP contribution in [-0.4, -0.2) is 84.5 Å². The van der Waals surface area contributed by atoms with Gasteiger partial charge >= 0.3 is 23.9 Å². The number of hydrogen-bond acceptors (Lipinski definition) is 12. The largest absolute Gasteiger partial charge is 0.479 e. The summed E-state index contributed by atoms with van der Waals surface area (Å²) in [7, 11) is 4.02. The second-order valence-corrected chi connectivity index (χ2v) is 16.1. The standard InChI is InChI=1S/C18H22O4.C12H16O.C7H10N2.C7H14N2.C6H8O4.CH4/c1-14(2)17(20)21-13-16(19)22-18(11-7-4-8-12-18)15-9-5-3-6-10-15;13-12(9-5-2-6-10-12)11-7-3-1-4-8-11;1-9(2)7-3-5-8-6-4-7;1-6(2)8-5-9-7(3)4;1-4(2)6(9)10-3-5(7)8;/h3,5-6,9-10H,1,4,7-8,11-13H2,2H3;1,3-4,7-8,13H,2,5-6,9-10H2;3-6H,1-2H3;6-7H,1-4H3;1,3H2,2H3,(H,7,8);1H4. The number of carboxylic acids is 1. The molecule has 2 saturated carbocycles. The highest BCUT2D eigenvalue weighted by Gasteiger charge is 2.38. The minimum absolute atomic E-state index is 0. The van der Waals surface area contributed by atoms with E-state index >= 15 is 0 Å². The van der Waals surface area contributed by atoms with Crippen molar-refractivity contribution in [2.24, 2.45) is 9.98 Å². The fourth-order valence-corrected chi connectivity index (χ4v) is 6.14. The SMILES string of the molecule is C.C=C(C)C(=O)OCC(=O)O.C=C(C)C(=O)OCC(=O)OC1(c2ccccc2)CCCCC1.CC(C)N=C=NC(C)C.CN(C)c1ccncc1.OC1(c2ccccc2)CCCCC1. The zero-order valence-corrected chi connectivity index (χ0v) is 38.7. The first-order valence-electron chi connectivity index (χ1n) is 21.5. The number of aromatic nitrogens is 1. The number of carboxylic acid groups (broad SMARTS) is 1. The lowest BCUT2D eigenvalue weighted by molar-refractivity contribution is -0.173. The van der Waals surface area contributed by atoms with E-state index in [0.29, 0.717) is 12.1 Å². The van der Waals surface area contributed by atoms with Crippen LogP contribution >= 0.6 is 0 Å². The number of carbonyl (C=O) groups excluding carboxylic acids is 3. The van der Waals surface area contributed by atoms with Gasteiger partial charge in [0.15, 0.2) is 13.2 Å². The Morgan fingerprint density at radius 3 is 1.52 bits per heavy atom. The normalized spacial score (nSPS) is 14.0. The predicted molar refractivity (Wildman–Crippen MR) is 255 cm³/mol. The maximum atomic E-state index is 12.1. The topological polar surface area (TPSA) is 177 Å². The summed E-state index contributed by atoms with van der Waals surface area (Å²) in [5, 5.41) is 18.4. The number of esters is 3. The number of nitrogens with zero attached hydrogens (tertiary/aromatic N) is 4. The molecular formula is C51H74N4O9. The van der Waals surface area contributed by atoms with E-state index in [1.165, 1.54) is 19.0 Å². The number of rotatable bonds is 12. The van der Waals surface area contributed by atoms with Crippen LogP contribution < -0.4 is 4.90 Å². The molecule has 0 bridgehead atoms. The second kappa shape index (κ2) is 31.9. The summed E-state index contributed by atoms with van der Waals surface area (Å²) in [6.07, 6.45) is 13.8. The maximum absolute atomic E-state index is 12.1. The summed E-state index contributed by atoms with van der Waals surface area (Å²) in [6.45, 7) is 16.8. The maximum Gasteiger partial charge on any atom is 0.345 e. The molecule has 13 nitrogen and oxygen atoms in total. The molecule has 64 heavy (non-hydrogen) atoms. The fraction of sp³-hybridized carbons (Fsp3) is 0.490. The van der Waals surface area contributed by atoms with E-state index in [2.05, 4.69) is 38.9 Å². The minimum Gasteiger partial charge on any atom is -0.479 e. The Hall–Kier alpha value is -5.91. The molecule has 2 aromatic carbocycles. The molecule has 13 heteroatoms. The molecule has 2 aliphatic rings. The van der Waals surface area contributed by atoms with Gasteiger partial charge in [-0.3, -0.25) is 4.98 Å². The summed E-state index contributed by atoms with van der Waals surface area (Å²) in [5.74, 6) is -2.94. The molecule has 5 rings (SSSR count). The van der Waals surface area contributed by atoms with Crippen LogP contribution in [0.2, 0.25) is 0 Å². The predicted octanol–water partition coefficient (Wildman–Crippen LogP) is 10.3. The van der Waals surface area contributed by atoms with Crippen molar-refractivity contribution in [3.05, 3.63) is 121 Å². The van der Waals surface area contributed by atoms with E-state index in [1.807, 2.05) is 119 Å². The molecule has 3 aromatic rings. The molecule has 1 aromatic heterocycles. The van der Waals surface area contributed by atoms with Crippen molar-refractivity contribution in [3.8, 4) is 0 Å². The van der Waals surface area contributed by atoms with Gasteiger partial charge in [-0.15, -0.1) is 0 Å². The third-order valence-corrected chi connectivity index (χ3v) is 9.42. The molecule has 0 unspecified atom stereocenters. The molecule has 2 aliphatic carbocycles. The average Bonchev–Trinajstić information content (AvgIpc) is 3.26. The van der Waals surface area contributed by atoms with Crippen LogP contribution in [0.5, 0.6) is 0 Å². The second-order valence-electron chi connectivity index (χ2n) is 16.1. The van der Waals surface area contributed by atoms with Gasteiger partial charge in [0.2, 0.25) is 0 Å². The van der Waals surface area contributed by atoms with Crippen LogP contribution in [0.25, 0.3) is 0 Å². The lowest BCUT2D eigenvalue weighted by Crippen LogP contribution is -2.36. The molecular weight excluding hydrogens is 813 g/mol. The van der Waals surface area contributed by atoms with Crippen LogP contribution in [0.4, 0.5) is 5.69 Å². The Morgan fingerprint density at radius 2 is 1.12 bits per heavy atom. The van der Waals surface area contributed by atoms with Gasteiger partial charge in [-0.05, 0) is 103 Å². The molecule has 1 heterocycles. The van der Waals surface area contributed by atoms with Crippen LogP contribution in [0.15, 0.2) is 119 Å². The Morgan fingerprint density at radius 1 is 0.703 bits per heavy atom. The van der Waals surface area contributed by atoms with E-state index < -0.39 is 41.7 Å². The molecule has 2 N–H and O–H groups in total. The van der Waals surface area contributed by atoms with Gasteiger partial charge in [-0.1, -0.05) is 107 Å². The number of carbonyl (C=O) groups is 4. The van der Waals surface area contributed by atoms with Crippen molar-refractivity contribution >= 4 is 35.6 Å². The first kappa shape index (κ1) is 58.1. The third kappa shape index (κ3) is 24.7.